The highest BCUT2D eigenvalue weighted by molar-refractivity contribution is 5.93. The number of piperazine rings is 1. The Hall–Kier alpha value is -3.16. The highest BCUT2D eigenvalue weighted by Crippen LogP contribution is 2.36. The number of hydrogen-bond donors (Lipinski definition) is 1. The summed E-state index contributed by atoms with van der Waals surface area (Å²) in [6, 6.07) is 4.22. The molecule has 30 heavy (non-hydrogen) atoms. The summed E-state index contributed by atoms with van der Waals surface area (Å²) in [6.45, 7) is 7.55. The molecule has 0 radical (unpaired) electrons. The summed E-state index contributed by atoms with van der Waals surface area (Å²) in [6.07, 6.45) is 7.61. The van der Waals surface area contributed by atoms with Crippen LogP contribution in [0.15, 0.2) is 35.7 Å². The molecular formula is C22H27N7O. The van der Waals surface area contributed by atoms with Crippen LogP contribution in [0.2, 0.25) is 0 Å². The smallest absolute Gasteiger partial charge is 0.225 e. The van der Waals surface area contributed by atoms with E-state index in [0.717, 1.165) is 67.9 Å². The average molecular weight is 406 g/mol. The number of rotatable bonds is 5. The van der Waals surface area contributed by atoms with Gasteiger partial charge in [-0.2, -0.15) is 5.10 Å². The second-order valence-corrected chi connectivity index (χ2v) is 8.43. The van der Waals surface area contributed by atoms with Crippen LogP contribution in [0, 0.1) is 11.8 Å². The molecule has 4 heterocycles. The summed E-state index contributed by atoms with van der Waals surface area (Å²) < 4.78 is 1.80. The third kappa shape index (κ3) is 3.36. The predicted molar refractivity (Wildman–Crippen MR) is 118 cm³/mol. The van der Waals surface area contributed by atoms with Gasteiger partial charge in [0.1, 0.15) is 5.65 Å². The summed E-state index contributed by atoms with van der Waals surface area (Å²) in [4.78, 5) is 29.1. The van der Waals surface area contributed by atoms with Crippen molar-refractivity contribution in [3.05, 3.63) is 30.7 Å². The molecule has 2 aliphatic rings. The number of fused-ring (bicyclic) bond motifs is 1. The fourth-order valence-electron chi connectivity index (χ4n) is 4.70. The normalized spacial score (nSPS) is 21.6. The number of H-pyrrole nitrogens is 1. The van der Waals surface area contributed by atoms with Gasteiger partial charge in [0.15, 0.2) is 0 Å². The monoisotopic (exact) mass is 405 g/mol. The molecule has 1 aliphatic heterocycles. The lowest BCUT2D eigenvalue weighted by molar-refractivity contribution is -0.140. The third-order valence-corrected chi connectivity index (χ3v) is 6.43. The Morgan fingerprint density at radius 1 is 1.30 bits per heavy atom. The quantitative estimate of drug-likeness (QED) is 0.661. The highest BCUT2D eigenvalue weighted by atomic mass is 16.2. The minimum atomic E-state index is 0.183. The van der Waals surface area contributed by atoms with E-state index in [1.807, 2.05) is 30.5 Å². The zero-order chi connectivity index (χ0) is 20.7. The van der Waals surface area contributed by atoms with Gasteiger partial charge >= 0.3 is 0 Å². The minimum Gasteiger partial charge on any atom is -0.367 e. The van der Waals surface area contributed by atoms with Gasteiger partial charge in [0.05, 0.1) is 11.9 Å². The SMILES string of the molecule is C=NC[C@H]1C[C@H](C(=O)N2CCN(c3ccnc4[nH]c(-c5cnn(C)c5)cc34)CC2)C1. The van der Waals surface area contributed by atoms with Crippen LogP contribution < -0.4 is 4.90 Å². The number of carbonyl (C=O) groups is 1. The van der Waals surface area contributed by atoms with E-state index in [4.69, 9.17) is 0 Å². The number of nitrogens with one attached hydrogen (secondary N) is 1. The van der Waals surface area contributed by atoms with E-state index in [1.54, 1.807) is 4.68 Å². The molecule has 0 atom stereocenters. The minimum absolute atomic E-state index is 0.183. The molecule has 0 bridgehead atoms. The van der Waals surface area contributed by atoms with Crippen molar-refractivity contribution in [1.82, 2.24) is 24.6 Å². The van der Waals surface area contributed by atoms with Crippen molar-refractivity contribution in [2.45, 2.75) is 12.8 Å². The number of aromatic nitrogens is 4. The molecule has 0 aromatic carbocycles. The first-order valence-corrected chi connectivity index (χ1v) is 10.6. The molecule has 156 valence electrons. The molecule has 1 saturated heterocycles. The van der Waals surface area contributed by atoms with Gasteiger partial charge in [-0.25, -0.2) is 4.98 Å². The summed E-state index contributed by atoms with van der Waals surface area (Å²) in [5, 5.41) is 5.37. The van der Waals surface area contributed by atoms with Gasteiger partial charge < -0.3 is 19.8 Å². The van der Waals surface area contributed by atoms with E-state index in [2.05, 4.69) is 43.8 Å². The largest absolute Gasteiger partial charge is 0.367 e. The van der Waals surface area contributed by atoms with Crippen molar-refractivity contribution in [2.75, 3.05) is 37.6 Å². The molecule has 3 aromatic heterocycles. The lowest BCUT2D eigenvalue weighted by Gasteiger charge is -2.41. The number of carbonyl (C=O) groups excluding carboxylic acids is 1. The second-order valence-electron chi connectivity index (χ2n) is 8.43. The number of nitrogens with zero attached hydrogens (tertiary/aromatic N) is 6. The zero-order valence-corrected chi connectivity index (χ0v) is 17.3. The van der Waals surface area contributed by atoms with Crippen LogP contribution in [0.5, 0.6) is 0 Å². The van der Waals surface area contributed by atoms with Gasteiger partial charge in [-0.1, -0.05) is 0 Å². The number of amides is 1. The maximum absolute atomic E-state index is 12.8. The van der Waals surface area contributed by atoms with E-state index in [0.29, 0.717) is 11.8 Å². The van der Waals surface area contributed by atoms with Crippen molar-refractivity contribution in [1.29, 1.82) is 0 Å². The average Bonchev–Trinajstić information content (AvgIpc) is 3.36. The fraction of sp³-hybridized carbons (Fsp3) is 0.455. The summed E-state index contributed by atoms with van der Waals surface area (Å²) in [7, 11) is 1.91. The molecule has 1 amide bonds. The standard InChI is InChI=1S/C22H27N7O/c1-23-12-15-9-16(10-15)22(30)29-7-5-28(6-8-29)20-3-4-24-21-18(20)11-19(26-21)17-13-25-27(2)14-17/h3-4,11,13-16H,1,5-10,12H2,2H3,(H,24,26)/t15-,16-. The van der Waals surface area contributed by atoms with E-state index >= 15 is 0 Å². The van der Waals surface area contributed by atoms with Crippen LogP contribution in [-0.4, -0.2) is 70.0 Å². The predicted octanol–water partition coefficient (Wildman–Crippen LogP) is 2.34. The van der Waals surface area contributed by atoms with Gasteiger partial charge in [0.2, 0.25) is 5.91 Å². The van der Waals surface area contributed by atoms with Crippen LogP contribution in [0.25, 0.3) is 22.3 Å². The van der Waals surface area contributed by atoms with Gasteiger partial charge in [-0.3, -0.25) is 9.48 Å². The highest BCUT2D eigenvalue weighted by Gasteiger charge is 2.37. The molecule has 8 heteroatoms. The van der Waals surface area contributed by atoms with Gasteiger partial charge in [-0.05, 0) is 37.6 Å². The first-order chi connectivity index (χ1) is 14.6. The van der Waals surface area contributed by atoms with Crippen LogP contribution >= 0.6 is 0 Å². The first kappa shape index (κ1) is 18.8. The van der Waals surface area contributed by atoms with E-state index in [1.165, 1.54) is 5.69 Å². The number of pyridine rings is 1. The Morgan fingerprint density at radius 3 is 2.80 bits per heavy atom. The molecular weight excluding hydrogens is 378 g/mol. The maximum Gasteiger partial charge on any atom is 0.225 e. The van der Waals surface area contributed by atoms with Gasteiger partial charge in [0, 0.05) is 74.7 Å². The maximum atomic E-state index is 12.8. The molecule has 1 saturated carbocycles. The van der Waals surface area contributed by atoms with E-state index in [-0.39, 0.29) is 5.92 Å². The Labute approximate surface area is 175 Å². The molecule has 8 nitrogen and oxygen atoms in total. The van der Waals surface area contributed by atoms with Crippen molar-refractivity contribution < 1.29 is 4.79 Å². The zero-order valence-electron chi connectivity index (χ0n) is 17.3. The number of aryl methyl sites for hydroxylation is 1. The number of aromatic amines is 1. The number of hydrogen-bond acceptors (Lipinski definition) is 5. The Kier molecular flexibility index (Phi) is 4.77. The molecule has 1 N–H and O–H groups in total. The van der Waals surface area contributed by atoms with Gasteiger partial charge in [0.25, 0.3) is 0 Å². The lowest BCUT2D eigenvalue weighted by atomic mass is 9.74. The van der Waals surface area contributed by atoms with Crippen LogP contribution in [0.1, 0.15) is 12.8 Å². The van der Waals surface area contributed by atoms with E-state index in [9.17, 15) is 4.79 Å². The first-order valence-electron chi connectivity index (χ1n) is 10.6. The van der Waals surface area contributed by atoms with Crippen LogP contribution in [0.3, 0.4) is 0 Å². The molecule has 2 fully saturated rings. The summed E-state index contributed by atoms with van der Waals surface area (Å²) >= 11 is 0. The lowest BCUT2D eigenvalue weighted by Crippen LogP contribution is -2.52. The molecule has 0 spiro atoms. The summed E-state index contributed by atoms with van der Waals surface area (Å²) in [5.41, 5.74) is 4.10. The number of aliphatic imine (C=N–C) groups is 1. The summed E-state index contributed by atoms with van der Waals surface area (Å²) in [5.74, 6) is 1.04. The topological polar surface area (TPSA) is 82.4 Å². The molecule has 5 rings (SSSR count). The van der Waals surface area contributed by atoms with Crippen molar-refractivity contribution >= 4 is 29.3 Å². The number of anilines is 1. The molecule has 3 aromatic rings. The van der Waals surface area contributed by atoms with Crippen LogP contribution in [-0.2, 0) is 11.8 Å². The molecule has 1 aliphatic carbocycles. The fourth-order valence-corrected chi connectivity index (χ4v) is 4.70. The third-order valence-electron chi connectivity index (χ3n) is 6.43. The molecule has 0 unspecified atom stereocenters. The second kappa shape index (κ2) is 7.59. The Bertz CT molecular complexity index is 1070. The van der Waals surface area contributed by atoms with E-state index < -0.39 is 0 Å². The van der Waals surface area contributed by atoms with Crippen molar-refractivity contribution in [3.63, 3.8) is 0 Å². The van der Waals surface area contributed by atoms with Crippen molar-refractivity contribution in [3.8, 4) is 11.3 Å². The Morgan fingerprint density at radius 2 is 2.10 bits per heavy atom. The van der Waals surface area contributed by atoms with Crippen LogP contribution in [0.4, 0.5) is 5.69 Å². The van der Waals surface area contributed by atoms with Gasteiger partial charge in [-0.15, -0.1) is 0 Å². The Balaban J connectivity index is 1.27. The van der Waals surface area contributed by atoms with Crippen molar-refractivity contribution in [2.24, 2.45) is 23.9 Å².